The van der Waals surface area contributed by atoms with E-state index >= 15 is 0 Å². The van der Waals surface area contributed by atoms with E-state index in [-0.39, 0.29) is 11.9 Å². The molecule has 1 aliphatic rings. The number of carbonyl (C=O) groups excluding carboxylic acids is 1. The SMILES string of the molecule is COCc1nnc2n1[C@@H](C)CN(C(=O)c1cc(-c3ccccc3)on1)C2. The largest absolute Gasteiger partial charge is 0.377 e. The minimum atomic E-state index is -0.176. The first-order chi connectivity index (χ1) is 12.7. The number of fused-ring (bicyclic) bond motifs is 1. The first kappa shape index (κ1) is 16.5. The van der Waals surface area contributed by atoms with Gasteiger partial charge in [0.2, 0.25) is 0 Å². The second kappa shape index (κ2) is 6.72. The van der Waals surface area contributed by atoms with Crippen molar-refractivity contribution in [2.75, 3.05) is 13.7 Å². The molecule has 8 heteroatoms. The first-order valence-electron chi connectivity index (χ1n) is 8.40. The fourth-order valence-corrected chi connectivity index (χ4v) is 3.27. The Labute approximate surface area is 150 Å². The lowest BCUT2D eigenvalue weighted by Gasteiger charge is -2.32. The van der Waals surface area contributed by atoms with Crippen molar-refractivity contribution in [3.05, 3.63) is 53.7 Å². The van der Waals surface area contributed by atoms with Crippen LogP contribution in [0.1, 0.15) is 35.1 Å². The molecule has 0 spiro atoms. The van der Waals surface area contributed by atoms with E-state index in [9.17, 15) is 4.79 Å². The summed E-state index contributed by atoms with van der Waals surface area (Å²) in [5.41, 5.74) is 1.18. The zero-order chi connectivity index (χ0) is 18.1. The van der Waals surface area contributed by atoms with E-state index in [1.54, 1.807) is 18.1 Å². The van der Waals surface area contributed by atoms with Crippen LogP contribution in [-0.2, 0) is 17.9 Å². The predicted octanol–water partition coefficient (Wildman–Crippen LogP) is 2.30. The Kier molecular flexibility index (Phi) is 4.26. The van der Waals surface area contributed by atoms with Crippen LogP contribution in [0.2, 0.25) is 0 Å². The Morgan fingerprint density at radius 3 is 2.88 bits per heavy atom. The summed E-state index contributed by atoms with van der Waals surface area (Å²) in [6.07, 6.45) is 0. The molecule has 0 aliphatic carbocycles. The highest BCUT2D eigenvalue weighted by Crippen LogP contribution is 2.25. The highest BCUT2D eigenvalue weighted by molar-refractivity contribution is 5.93. The Morgan fingerprint density at radius 1 is 1.31 bits per heavy atom. The third-order valence-electron chi connectivity index (χ3n) is 4.44. The van der Waals surface area contributed by atoms with Gasteiger partial charge < -0.3 is 18.7 Å². The average Bonchev–Trinajstić information content (AvgIpc) is 3.30. The number of hydrogen-bond donors (Lipinski definition) is 0. The van der Waals surface area contributed by atoms with Crippen LogP contribution in [-0.4, -0.2) is 44.4 Å². The lowest BCUT2D eigenvalue weighted by atomic mass is 10.1. The van der Waals surface area contributed by atoms with Crippen molar-refractivity contribution < 1.29 is 14.1 Å². The minimum Gasteiger partial charge on any atom is -0.377 e. The standard InChI is InChI=1S/C18H19N5O3/c1-12-9-22(10-16-19-20-17(11-25-2)23(12)16)18(24)14-8-15(26-21-14)13-6-4-3-5-7-13/h3-8,12H,9-11H2,1-2H3/t12-/m0/s1. The summed E-state index contributed by atoms with van der Waals surface area (Å²) in [5.74, 6) is 1.92. The van der Waals surface area contributed by atoms with Crippen molar-refractivity contribution in [2.24, 2.45) is 0 Å². The molecular formula is C18H19N5O3. The monoisotopic (exact) mass is 353 g/mol. The highest BCUT2D eigenvalue weighted by atomic mass is 16.5. The number of benzene rings is 1. The lowest BCUT2D eigenvalue weighted by molar-refractivity contribution is 0.0664. The molecule has 0 N–H and O–H groups in total. The summed E-state index contributed by atoms with van der Waals surface area (Å²) < 4.78 is 12.5. The molecule has 0 saturated heterocycles. The van der Waals surface area contributed by atoms with Crippen molar-refractivity contribution in [1.29, 1.82) is 0 Å². The maximum absolute atomic E-state index is 12.9. The van der Waals surface area contributed by atoms with E-state index in [2.05, 4.69) is 15.4 Å². The zero-order valence-electron chi connectivity index (χ0n) is 14.6. The Bertz CT molecular complexity index is 918. The van der Waals surface area contributed by atoms with E-state index in [0.29, 0.717) is 31.2 Å². The molecule has 3 heterocycles. The average molecular weight is 353 g/mol. The van der Waals surface area contributed by atoms with Gasteiger partial charge >= 0.3 is 0 Å². The van der Waals surface area contributed by atoms with Crippen LogP contribution >= 0.6 is 0 Å². The van der Waals surface area contributed by atoms with Crippen molar-refractivity contribution in [3.8, 4) is 11.3 Å². The Hall–Kier alpha value is -3.00. The van der Waals surface area contributed by atoms with E-state index in [1.165, 1.54) is 0 Å². The molecule has 0 saturated carbocycles. The molecule has 1 atom stereocenters. The smallest absolute Gasteiger partial charge is 0.276 e. The predicted molar refractivity (Wildman–Crippen MR) is 92.1 cm³/mol. The van der Waals surface area contributed by atoms with Gasteiger partial charge in [0.05, 0.1) is 12.6 Å². The van der Waals surface area contributed by atoms with Crippen LogP contribution < -0.4 is 0 Å². The van der Waals surface area contributed by atoms with Crippen LogP contribution in [0, 0.1) is 0 Å². The maximum atomic E-state index is 12.9. The van der Waals surface area contributed by atoms with E-state index in [1.807, 2.05) is 41.8 Å². The molecule has 0 bridgehead atoms. The first-order valence-corrected chi connectivity index (χ1v) is 8.40. The topological polar surface area (TPSA) is 86.3 Å². The zero-order valence-corrected chi connectivity index (χ0v) is 14.6. The number of nitrogens with zero attached hydrogens (tertiary/aromatic N) is 5. The van der Waals surface area contributed by atoms with Crippen LogP contribution in [0.15, 0.2) is 40.9 Å². The molecule has 1 aromatic carbocycles. The number of ether oxygens (including phenoxy) is 1. The van der Waals surface area contributed by atoms with Gasteiger partial charge in [-0.2, -0.15) is 0 Å². The third-order valence-corrected chi connectivity index (χ3v) is 4.44. The van der Waals surface area contributed by atoms with Crippen molar-refractivity contribution >= 4 is 5.91 Å². The molecular weight excluding hydrogens is 334 g/mol. The lowest BCUT2D eigenvalue weighted by Crippen LogP contribution is -2.41. The van der Waals surface area contributed by atoms with Crippen molar-refractivity contribution in [3.63, 3.8) is 0 Å². The molecule has 0 radical (unpaired) electrons. The van der Waals surface area contributed by atoms with Gasteiger partial charge in [0.15, 0.2) is 23.1 Å². The van der Waals surface area contributed by atoms with Gasteiger partial charge in [-0.3, -0.25) is 4.79 Å². The molecule has 1 amide bonds. The molecule has 134 valence electrons. The second-order valence-electron chi connectivity index (χ2n) is 6.31. The van der Waals surface area contributed by atoms with Gasteiger partial charge in [-0.1, -0.05) is 35.5 Å². The normalized spacial score (nSPS) is 16.5. The minimum absolute atomic E-state index is 0.0587. The molecule has 4 rings (SSSR count). The molecule has 0 fully saturated rings. The Morgan fingerprint density at radius 2 is 2.12 bits per heavy atom. The molecule has 3 aromatic rings. The van der Waals surface area contributed by atoms with Gasteiger partial charge in [-0.15, -0.1) is 10.2 Å². The van der Waals surface area contributed by atoms with Gasteiger partial charge in [-0.25, -0.2) is 0 Å². The number of rotatable bonds is 4. The highest BCUT2D eigenvalue weighted by Gasteiger charge is 2.31. The molecule has 1 aliphatic heterocycles. The summed E-state index contributed by atoms with van der Waals surface area (Å²) in [6.45, 7) is 3.36. The van der Waals surface area contributed by atoms with Crippen LogP contribution in [0.4, 0.5) is 0 Å². The molecule has 8 nitrogen and oxygen atoms in total. The second-order valence-corrected chi connectivity index (χ2v) is 6.31. The summed E-state index contributed by atoms with van der Waals surface area (Å²) in [6, 6.07) is 11.3. The van der Waals surface area contributed by atoms with Gasteiger partial charge in [0, 0.05) is 25.3 Å². The van der Waals surface area contributed by atoms with Crippen LogP contribution in [0.25, 0.3) is 11.3 Å². The number of hydrogen-bond acceptors (Lipinski definition) is 6. The molecule has 2 aromatic heterocycles. The quantitative estimate of drug-likeness (QED) is 0.715. The Balaban J connectivity index is 1.55. The van der Waals surface area contributed by atoms with Crippen molar-refractivity contribution in [2.45, 2.75) is 26.1 Å². The van der Waals surface area contributed by atoms with Gasteiger partial charge in [0.1, 0.15) is 6.61 Å². The maximum Gasteiger partial charge on any atom is 0.276 e. The number of aromatic nitrogens is 4. The van der Waals surface area contributed by atoms with Crippen LogP contribution in [0.3, 0.4) is 0 Å². The van der Waals surface area contributed by atoms with E-state index in [0.717, 1.165) is 17.2 Å². The summed E-state index contributed by atoms with van der Waals surface area (Å²) >= 11 is 0. The number of methoxy groups -OCH3 is 1. The number of amides is 1. The fraction of sp³-hybridized carbons (Fsp3) is 0.333. The fourth-order valence-electron chi connectivity index (χ4n) is 3.27. The summed E-state index contributed by atoms with van der Waals surface area (Å²) in [4.78, 5) is 14.6. The number of carbonyl (C=O) groups is 1. The summed E-state index contributed by atoms with van der Waals surface area (Å²) in [7, 11) is 1.62. The van der Waals surface area contributed by atoms with Crippen molar-refractivity contribution in [1.82, 2.24) is 24.8 Å². The summed E-state index contributed by atoms with van der Waals surface area (Å²) in [5, 5.41) is 12.3. The van der Waals surface area contributed by atoms with Gasteiger partial charge in [0.25, 0.3) is 5.91 Å². The van der Waals surface area contributed by atoms with Gasteiger partial charge in [-0.05, 0) is 6.92 Å². The molecule has 26 heavy (non-hydrogen) atoms. The van der Waals surface area contributed by atoms with E-state index in [4.69, 9.17) is 9.26 Å². The third kappa shape index (κ3) is 2.88. The molecule has 0 unspecified atom stereocenters. The van der Waals surface area contributed by atoms with Crippen LogP contribution in [0.5, 0.6) is 0 Å². The van der Waals surface area contributed by atoms with E-state index < -0.39 is 0 Å².